The molecule has 0 aromatic heterocycles. The molecule has 0 aliphatic heterocycles. The normalized spacial score (nSPS) is 13.2. The van der Waals surface area contributed by atoms with Crippen LogP contribution in [0.25, 0.3) is 0 Å². The highest BCUT2D eigenvalue weighted by molar-refractivity contribution is 6.30. The summed E-state index contributed by atoms with van der Waals surface area (Å²) in [5.41, 5.74) is 1.71. The lowest BCUT2D eigenvalue weighted by atomic mass is 9.96. The summed E-state index contributed by atoms with van der Waals surface area (Å²) in [7, 11) is 1.62. The van der Waals surface area contributed by atoms with Gasteiger partial charge in [0, 0.05) is 18.0 Å². The Hall–Kier alpha value is -2.04. The lowest BCUT2D eigenvalue weighted by Gasteiger charge is -2.16. The first kappa shape index (κ1) is 18.3. The van der Waals surface area contributed by atoms with E-state index in [0.717, 1.165) is 16.9 Å². The minimum absolute atomic E-state index is 0.0221. The number of nitrogens with one attached hydrogen (secondary N) is 1. The van der Waals surface area contributed by atoms with Crippen molar-refractivity contribution in [3.63, 3.8) is 0 Å². The summed E-state index contributed by atoms with van der Waals surface area (Å²) in [4.78, 5) is 12.1. The maximum Gasteiger partial charge on any atom is 0.220 e. The van der Waals surface area contributed by atoms with E-state index in [1.54, 1.807) is 31.4 Å². The minimum Gasteiger partial charge on any atom is -0.496 e. The third kappa shape index (κ3) is 4.98. The van der Waals surface area contributed by atoms with E-state index in [1.807, 2.05) is 31.2 Å². The molecule has 0 aliphatic carbocycles. The second-order valence-electron chi connectivity index (χ2n) is 5.72. The van der Waals surface area contributed by atoms with E-state index < -0.39 is 6.10 Å². The summed E-state index contributed by atoms with van der Waals surface area (Å²) < 4.78 is 5.33. The average molecular weight is 348 g/mol. The molecule has 2 N–H and O–H groups in total. The Morgan fingerprint density at radius 3 is 2.54 bits per heavy atom. The number of aliphatic hydroxyl groups excluding tert-OH is 1. The molecular weight excluding hydrogens is 326 g/mol. The number of methoxy groups -OCH3 is 1. The van der Waals surface area contributed by atoms with Gasteiger partial charge in [-0.15, -0.1) is 0 Å². The van der Waals surface area contributed by atoms with Gasteiger partial charge in [0.2, 0.25) is 5.91 Å². The number of rotatable bonds is 7. The molecule has 0 saturated carbocycles. The molecule has 0 aliphatic rings. The molecule has 4 nitrogen and oxygen atoms in total. The van der Waals surface area contributed by atoms with Crippen molar-refractivity contribution in [3.05, 3.63) is 64.7 Å². The van der Waals surface area contributed by atoms with Crippen LogP contribution in [0.4, 0.5) is 0 Å². The molecule has 2 rings (SSSR count). The highest BCUT2D eigenvalue weighted by Gasteiger charge is 2.16. The molecule has 2 unspecified atom stereocenters. The number of amides is 1. The number of aliphatic hydroxyl groups is 1. The molecule has 2 aromatic rings. The van der Waals surface area contributed by atoms with Gasteiger partial charge in [0.1, 0.15) is 5.75 Å². The number of para-hydroxylation sites is 1. The van der Waals surface area contributed by atoms with Crippen LogP contribution in [0.2, 0.25) is 5.02 Å². The van der Waals surface area contributed by atoms with Crippen LogP contribution in [0, 0.1) is 0 Å². The quantitative estimate of drug-likeness (QED) is 0.803. The number of hydrogen-bond acceptors (Lipinski definition) is 3. The summed E-state index contributed by atoms with van der Waals surface area (Å²) in [5.74, 6) is 0.689. The van der Waals surface area contributed by atoms with E-state index in [-0.39, 0.29) is 18.4 Å². The smallest absolute Gasteiger partial charge is 0.220 e. The van der Waals surface area contributed by atoms with Gasteiger partial charge in [-0.1, -0.05) is 48.9 Å². The Morgan fingerprint density at radius 2 is 1.88 bits per heavy atom. The van der Waals surface area contributed by atoms with E-state index in [1.165, 1.54) is 0 Å². The van der Waals surface area contributed by atoms with Gasteiger partial charge >= 0.3 is 0 Å². The molecule has 1 amide bonds. The lowest BCUT2D eigenvalue weighted by molar-refractivity contribution is -0.121. The van der Waals surface area contributed by atoms with Crippen molar-refractivity contribution in [1.29, 1.82) is 0 Å². The topological polar surface area (TPSA) is 58.6 Å². The number of hydrogen-bond donors (Lipinski definition) is 2. The van der Waals surface area contributed by atoms with Crippen LogP contribution in [0.3, 0.4) is 0 Å². The fourth-order valence-electron chi connectivity index (χ4n) is 2.55. The Balaban J connectivity index is 1.87. The molecule has 0 saturated heterocycles. The summed E-state index contributed by atoms with van der Waals surface area (Å²) in [6, 6.07) is 14.6. The van der Waals surface area contributed by atoms with E-state index in [4.69, 9.17) is 16.3 Å². The average Bonchev–Trinajstić information content (AvgIpc) is 2.60. The van der Waals surface area contributed by atoms with Gasteiger partial charge in [-0.25, -0.2) is 0 Å². The second kappa shape index (κ2) is 8.71. The summed E-state index contributed by atoms with van der Waals surface area (Å²) in [6.45, 7) is 2.15. The lowest BCUT2D eigenvalue weighted by Crippen LogP contribution is -2.29. The maximum absolute atomic E-state index is 12.1. The number of halogens is 1. The zero-order chi connectivity index (χ0) is 17.5. The molecule has 24 heavy (non-hydrogen) atoms. The Bertz CT molecular complexity index is 673. The van der Waals surface area contributed by atoms with E-state index >= 15 is 0 Å². The molecule has 128 valence electrons. The van der Waals surface area contributed by atoms with Crippen molar-refractivity contribution in [1.82, 2.24) is 5.32 Å². The second-order valence-corrected chi connectivity index (χ2v) is 6.15. The van der Waals surface area contributed by atoms with E-state index in [2.05, 4.69) is 5.32 Å². The van der Waals surface area contributed by atoms with Gasteiger partial charge in [0.15, 0.2) is 0 Å². The monoisotopic (exact) mass is 347 g/mol. The number of ether oxygens (including phenoxy) is 1. The molecule has 0 radical (unpaired) electrons. The largest absolute Gasteiger partial charge is 0.496 e. The highest BCUT2D eigenvalue weighted by Crippen LogP contribution is 2.28. The standard InChI is InChI=1S/C19H22ClNO3/c1-13(16-5-3-4-6-18(16)24-2)11-19(23)21-12-17(22)14-7-9-15(20)10-8-14/h3-10,13,17,22H,11-12H2,1-2H3,(H,21,23). The fraction of sp³-hybridized carbons (Fsp3) is 0.316. The van der Waals surface area contributed by atoms with E-state index in [0.29, 0.717) is 11.4 Å². The Morgan fingerprint density at radius 1 is 1.21 bits per heavy atom. The minimum atomic E-state index is -0.757. The Labute approximate surface area is 147 Å². The predicted octanol–water partition coefficient (Wildman–Crippen LogP) is 3.69. The van der Waals surface area contributed by atoms with E-state index in [9.17, 15) is 9.90 Å². The molecule has 0 spiro atoms. The van der Waals surface area contributed by atoms with Crippen molar-refractivity contribution in [3.8, 4) is 5.75 Å². The molecule has 0 fully saturated rings. The molecule has 0 heterocycles. The summed E-state index contributed by atoms with van der Waals surface area (Å²) in [5, 5.41) is 13.5. The fourth-order valence-corrected chi connectivity index (χ4v) is 2.67. The zero-order valence-electron chi connectivity index (χ0n) is 13.8. The third-order valence-corrected chi connectivity index (χ3v) is 4.16. The van der Waals surface area contributed by atoms with Gasteiger partial charge < -0.3 is 15.2 Å². The maximum atomic E-state index is 12.1. The van der Waals surface area contributed by atoms with Crippen LogP contribution in [0.15, 0.2) is 48.5 Å². The molecule has 0 bridgehead atoms. The highest BCUT2D eigenvalue weighted by atomic mass is 35.5. The molecular formula is C19H22ClNO3. The number of carbonyl (C=O) groups excluding carboxylic acids is 1. The number of carbonyl (C=O) groups is 1. The van der Waals surface area contributed by atoms with Gasteiger partial charge in [-0.2, -0.15) is 0 Å². The SMILES string of the molecule is COc1ccccc1C(C)CC(=O)NCC(O)c1ccc(Cl)cc1. The van der Waals surface area contributed by atoms with Crippen molar-refractivity contribution >= 4 is 17.5 Å². The first-order valence-electron chi connectivity index (χ1n) is 7.84. The predicted molar refractivity (Wildman–Crippen MR) is 95.4 cm³/mol. The third-order valence-electron chi connectivity index (χ3n) is 3.91. The van der Waals surface area contributed by atoms with Gasteiger partial charge in [-0.3, -0.25) is 4.79 Å². The van der Waals surface area contributed by atoms with Gasteiger partial charge in [-0.05, 0) is 35.2 Å². The van der Waals surface area contributed by atoms with Crippen LogP contribution >= 0.6 is 11.6 Å². The van der Waals surface area contributed by atoms with Crippen LogP contribution in [0.1, 0.15) is 36.5 Å². The molecule has 2 aromatic carbocycles. The van der Waals surface area contributed by atoms with Crippen molar-refractivity contribution in [2.75, 3.05) is 13.7 Å². The van der Waals surface area contributed by atoms with Crippen LogP contribution in [-0.4, -0.2) is 24.7 Å². The first-order valence-corrected chi connectivity index (χ1v) is 8.22. The van der Waals surface area contributed by atoms with Crippen LogP contribution in [0.5, 0.6) is 5.75 Å². The number of benzene rings is 2. The van der Waals surface area contributed by atoms with Crippen LogP contribution in [-0.2, 0) is 4.79 Å². The Kier molecular flexibility index (Phi) is 6.64. The van der Waals surface area contributed by atoms with Crippen molar-refractivity contribution in [2.24, 2.45) is 0 Å². The van der Waals surface area contributed by atoms with Gasteiger partial charge in [0.25, 0.3) is 0 Å². The molecule has 2 atom stereocenters. The molecule has 5 heteroatoms. The summed E-state index contributed by atoms with van der Waals surface area (Å²) >= 11 is 5.82. The first-order chi connectivity index (χ1) is 11.5. The summed E-state index contributed by atoms with van der Waals surface area (Å²) in [6.07, 6.45) is -0.430. The van der Waals surface area contributed by atoms with Crippen molar-refractivity contribution < 1.29 is 14.6 Å². The van der Waals surface area contributed by atoms with Gasteiger partial charge in [0.05, 0.1) is 13.2 Å². The van der Waals surface area contributed by atoms with Crippen molar-refractivity contribution in [2.45, 2.75) is 25.4 Å². The zero-order valence-corrected chi connectivity index (χ0v) is 14.6. The van der Waals surface area contributed by atoms with Crippen LogP contribution < -0.4 is 10.1 Å².